The van der Waals surface area contributed by atoms with E-state index in [1.807, 2.05) is 50.2 Å². The van der Waals surface area contributed by atoms with Crippen molar-refractivity contribution in [2.24, 2.45) is 35.5 Å². The van der Waals surface area contributed by atoms with Crippen LogP contribution in [0.3, 0.4) is 0 Å². The summed E-state index contributed by atoms with van der Waals surface area (Å²) in [5.41, 5.74) is 3.07. The first kappa shape index (κ1) is 37.4. The summed E-state index contributed by atoms with van der Waals surface area (Å²) in [5.74, 6) is 3.80. The quantitative estimate of drug-likeness (QED) is 0.219. The zero-order valence-corrected chi connectivity index (χ0v) is 30.7. The van der Waals surface area contributed by atoms with Crippen LogP contribution in [0.2, 0.25) is 0 Å². The molecule has 2 saturated carbocycles. The molecule has 8 nitrogen and oxygen atoms in total. The van der Waals surface area contributed by atoms with Crippen molar-refractivity contribution in [3.63, 3.8) is 0 Å². The first-order valence-corrected chi connectivity index (χ1v) is 17.9. The van der Waals surface area contributed by atoms with Gasteiger partial charge in [-0.05, 0) is 110 Å². The summed E-state index contributed by atoms with van der Waals surface area (Å²) in [6.45, 7) is 16.8. The third-order valence-electron chi connectivity index (χ3n) is 10.6. The fourth-order valence-corrected chi connectivity index (χ4v) is 7.61. The lowest BCUT2D eigenvalue weighted by Crippen LogP contribution is -2.36. The monoisotopic (exact) mass is 666 g/mol. The van der Waals surface area contributed by atoms with Crippen molar-refractivity contribution < 1.29 is 38.0 Å². The topological polar surface area (TPSA) is 89.5 Å². The van der Waals surface area contributed by atoms with E-state index in [9.17, 15) is 9.59 Å². The maximum atomic E-state index is 13.0. The summed E-state index contributed by atoms with van der Waals surface area (Å²) >= 11 is 0. The minimum atomic E-state index is -0.649. The highest BCUT2D eigenvalue weighted by Gasteiger charge is 2.35. The molecule has 0 N–H and O–H groups in total. The Labute approximate surface area is 288 Å². The summed E-state index contributed by atoms with van der Waals surface area (Å²) in [6.07, 6.45) is 3.41. The zero-order chi connectivity index (χ0) is 35.1. The maximum Gasteiger partial charge on any atom is 0.509 e. The second-order valence-electron chi connectivity index (χ2n) is 14.9. The number of ether oxygens (including phenoxy) is 6. The molecule has 0 unspecified atom stereocenters. The van der Waals surface area contributed by atoms with Crippen LogP contribution < -0.4 is 9.47 Å². The van der Waals surface area contributed by atoms with Gasteiger partial charge in [0.1, 0.15) is 35.9 Å². The smallest absolute Gasteiger partial charge is 0.496 e. The number of benzene rings is 2. The van der Waals surface area contributed by atoms with Gasteiger partial charge >= 0.3 is 12.3 Å². The Morgan fingerprint density at radius 2 is 0.979 bits per heavy atom. The van der Waals surface area contributed by atoms with Crippen LogP contribution in [0, 0.1) is 35.5 Å². The van der Waals surface area contributed by atoms with E-state index in [4.69, 9.17) is 28.4 Å². The van der Waals surface area contributed by atoms with Crippen molar-refractivity contribution in [1.82, 2.24) is 0 Å². The van der Waals surface area contributed by atoms with Gasteiger partial charge in [0.25, 0.3) is 0 Å². The Morgan fingerprint density at radius 3 is 1.31 bits per heavy atom. The second kappa shape index (κ2) is 16.8. The predicted octanol–water partition coefficient (Wildman–Crippen LogP) is 10.7. The largest absolute Gasteiger partial charge is 0.509 e. The van der Waals surface area contributed by atoms with Gasteiger partial charge in [-0.3, -0.25) is 0 Å². The first-order valence-electron chi connectivity index (χ1n) is 17.9. The molecule has 0 heterocycles. The molecule has 2 aliphatic carbocycles. The number of methoxy groups -OCH3 is 2. The van der Waals surface area contributed by atoms with Gasteiger partial charge in [-0.15, -0.1) is 0 Å². The summed E-state index contributed by atoms with van der Waals surface area (Å²) in [7, 11) is 3.22. The minimum Gasteiger partial charge on any atom is -0.496 e. The van der Waals surface area contributed by atoms with E-state index in [2.05, 4.69) is 41.5 Å². The van der Waals surface area contributed by atoms with Gasteiger partial charge in [-0.25, -0.2) is 9.59 Å². The van der Waals surface area contributed by atoms with Crippen LogP contribution in [0.15, 0.2) is 36.4 Å². The molecular weight excluding hydrogens is 608 g/mol. The maximum absolute atomic E-state index is 13.0. The molecule has 2 fully saturated rings. The molecule has 2 aromatic rings. The van der Waals surface area contributed by atoms with Crippen molar-refractivity contribution in [3.8, 4) is 22.6 Å². The Balaban J connectivity index is 1.50. The Hall–Kier alpha value is -3.42. The van der Waals surface area contributed by atoms with E-state index in [0.717, 1.165) is 60.8 Å². The van der Waals surface area contributed by atoms with Gasteiger partial charge < -0.3 is 28.4 Å². The van der Waals surface area contributed by atoms with Crippen molar-refractivity contribution in [2.75, 3.05) is 14.2 Å². The lowest BCUT2D eigenvalue weighted by Gasteiger charge is -2.36. The van der Waals surface area contributed by atoms with Gasteiger partial charge in [0.05, 0.1) is 14.2 Å². The highest BCUT2D eigenvalue weighted by molar-refractivity contribution is 5.77. The highest BCUT2D eigenvalue weighted by Crippen LogP contribution is 2.41. The number of carbonyl (C=O) groups is 2. The number of rotatable bonds is 11. The average Bonchev–Trinajstić information content (AvgIpc) is 3.03. The molecule has 48 heavy (non-hydrogen) atoms. The molecule has 0 aliphatic heterocycles. The van der Waals surface area contributed by atoms with E-state index < -0.39 is 24.5 Å². The molecule has 8 atom stereocenters. The molecule has 0 aromatic heterocycles. The van der Waals surface area contributed by atoms with E-state index >= 15 is 0 Å². The van der Waals surface area contributed by atoms with Crippen molar-refractivity contribution >= 4 is 12.3 Å². The van der Waals surface area contributed by atoms with Crippen LogP contribution in [0.25, 0.3) is 11.1 Å². The van der Waals surface area contributed by atoms with Crippen LogP contribution in [-0.4, -0.2) is 38.7 Å². The van der Waals surface area contributed by atoms with Crippen molar-refractivity contribution in [3.05, 3.63) is 47.5 Å². The average molecular weight is 667 g/mol. The lowest BCUT2D eigenvalue weighted by molar-refractivity contribution is -0.0442. The number of carbonyl (C=O) groups excluding carboxylic acids is 2. The first-order chi connectivity index (χ1) is 22.8. The fourth-order valence-electron chi connectivity index (χ4n) is 7.61. The summed E-state index contributed by atoms with van der Waals surface area (Å²) in [6, 6.07) is 11.4. The molecule has 0 radical (unpaired) electrons. The van der Waals surface area contributed by atoms with E-state index in [1.165, 1.54) is 0 Å². The third kappa shape index (κ3) is 9.38. The van der Waals surface area contributed by atoms with Gasteiger partial charge in [-0.1, -0.05) is 66.5 Å². The zero-order valence-electron chi connectivity index (χ0n) is 30.7. The predicted molar refractivity (Wildman–Crippen MR) is 187 cm³/mol. The molecule has 2 aromatic carbocycles. The van der Waals surface area contributed by atoms with Crippen molar-refractivity contribution in [2.45, 2.75) is 118 Å². The molecule has 0 bridgehead atoms. The summed E-state index contributed by atoms with van der Waals surface area (Å²) in [4.78, 5) is 26.0. The summed E-state index contributed by atoms with van der Waals surface area (Å²) in [5, 5.41) is 0. The van der Waals surface area contributed by atoms with Crippen LogP contribution in [0.1, 0.15) is 117 Å². The molecule has 8 heteroatoms. The lowest BCUT2D eigenvalue weighted by atomic mass is 9.75. The van der Waals surface area contributed by atoms with E-state index in [-0.39, 0.29) is 12.2 Å². The highest BCUT2D eigenvalue weighted by atomic mass is 16.7. The second-order valence-corrected chi connectivity index (χ2v) is 14.9. The Kier molecular flexibility index (Phi) is 13.1. The molecule has 0 spiro atoms. The molecule has 266 valence electrons. The van der Waals surface area contributed by atoms with Gasteiger partial charge in [0, 0.05) is 11.1 Å². The van der Waals surface area contributed by atoms with Crippen molar-refractivity contribution in [1.29, 1.82) is 0 Å². The number of hydrogen-bond acceptors (Lipinski definition) is 8. The van der Waals surface area contributed by atoms with Crippen LogP contribution in [0.5, 0.6) is 11.5 Å². The standard InChI is InChI=1S/C40H58O8/c1-23(2)31-15-11-25(5)19-37(31)47-39(41)45-27(7)29-13-17-35(43-9)33(21-29)34-22-30(14-18-36(34)44-10)28(8)46-40(42)48-38-20-26(6)12-16-32(38)24(3)4/h13-14,17-18,21-28,31-32,37-38H,11-12,15-16,19-20H2,1-10H3/t25-,26-,27+,28+,31+,32+,37-,38-/m1/s1. The van der Waals surface area contributed by atoms with Crippen LogP contribution in [-0.2, 0) is 18.9 Å². The fraction of sp³-hybridized carbons (Fsp3) is 0.650. The summed E-state index contributed by atoms with van der Waals surface area (Å²) < 4.78 is 35.0. The van der Waals surface area contributed by atoms with Crippen LogP contribution >= 0.6 is 0 Å². The van der Waals surface area contributed by atoms with E-state index in [0.29, 0.717) is 47.0 Å². The van der Waals surface area contributed by atoms with E-state index in [1.54, 1.807) is 14.2 Å². The SMILES string of the molecule is COc1ccc([C@H](C)OC(=O)O[C@@H]2C[C@H](C)CC[C@H]2C(C)C)cc1-c1cc([C@H](C)OC(=O)O[C@@H]2C[C@H](C)CC[C@H]2C(C)C)ccc1OC. The number of hydrogen-bond donors (Lipinski definition) is 0. The Morgan fingerprint density at radius 1 is 0.604 bits per heavy atom. The molecule has 4 rings (SSSR count). The normalized spacial score (nSPS) is 25.6. The van der Waals surface area contributed by atoms with Crippen LogP contribution in [0.4, 0.5) is 9.59 Å². The molecule has 2 aliphatic rings. The Bertz CT molecular complexity index is 1270. The van der Waals surface area contributed by atoms with Gasteiger partial charge in [-0.2, -0.15) is 0 Å². The minimum absolute atomic E-state index is 0.142. The molecule has 0 saturated heterocycles. The van der Waals surface area contributed by atoms with Gasteiger partial charge in [0.15, 0.2) is 0 Å². The third-order valence-corrected chi connectivity index (χ3v) is 10.6. The molecular formula is C40H58O8. The molecule has 0 amide bonds. The van der Waals surface area contributed by atoms with Gasteiger partial charge in [0.2, 0.25) is 0 Å².